The Bertz CT molecular complexity index is 7490. The lowest BCUT2D eigenvalue weighted by Gasteiger charge is -2.13. The predicted octanol–water partition coefficient (Wildman–Crippen LogP) is 17.5. The van der Waals surface area contributed by atoms with E-state index in [9.17, 15) is 41.1 Å². The van der Waals surface area contributed by atoms with Crippen LogP contribution in [-0.4, -0.2) is 152 Å². The molecule has 5 aromatic carbocycles. The number of nitrogens with one attached hydrogen (secondary N) is 16. The van der Waals surface area contributed by atoms with Gasteiger partial charge in [-0.25, -0.2) is 75.0 Å². The van der Waals surface area contributed by atoms with Crippen LogP contribution in [0.4, 0.5) is 81.7 Å². The van der Waals surface area contributed by atoms with Gasteiger partial charge in [0.25, 0.3) is 23.6 Å². The highest BCUT2D eigenvalue weighted by atomic mass is 19.2. The molecule has 1 aliphatic rings. The van der Waals surface area contributed by atoms with Crippen molar-refractivity contribution in [1.82, 2.24) is 122 Å². The molecule has 18 aromatic rings. The van der Waals surface area contributed by atoms with E-state index in [1.807, 2.05) is 55.5 Å². The zero-order valence-corrected chi connectivity index (χ0v) is 71.1. The maximum Gasteiger partial charge on any atom is 0.260 e. The Labute approximate surface area is 744 Å². The van der Waals surface area contributed by atoms with Crippen molar-refractivity contribution in [3.05, 3.63) is 256 Å². The lowest BCUT2D eigenvalue weighted by atomic mass is 10.1. The average Bonchev–Trinajstić information content (AvgIpc) is 1.67. The predicted molar refractivity (Wildman–Crippen MR) is 471 cm³/mol. The molecule has 0 aliphatic heterocycles. The number of aryl methyl sites for hydroxylation is 4. The fourth-order valence-corrected chi connectivity index (χ4v) is 13.8. The summed E-state index contributed by atoms with van der Waals surface area (Å²) in [5.41, 5.74) is 6.02. The van der Waals surface area contributed by atoms with Crippen LogP contribution in [0.1, 0.15) is 101 Å². The largest absolute Gasteiger partial charge is 0.463 e. The number of hydrogen-bond donors (Lipinski definition) is 16. The number of anilines is 8. The topological polar surface area (TPSA) is 496 Å². The summed E-state index contributed by atoms with van der Waals surface area (Å²) in [4.78, 5) is 94.0. The number of allylic oxidation sites excluding steroid dienone is 1. The van der Waals surface area contributed by atoms with Gasteiger partial charge in [0.1, 0.15) is 53.3 Å². The quantitative estimate of drug-likeness (QED) is 0.0250. The van der Waals surface area contributed by atoms with E-state index in [1.54, 1.807) is 58.0 Å². The van der Waals surface area contributed by atoms with Crippen LogP contribution < -0.4 is 61.5 Å². The second-order valence-corrected chi connectivity index (χ2v) is 29.3. The third kappa shape index (κ3) is 19.0. The molecule has 37 nitrogen and oxygen atoms in total. The Morgan fingerprint density at radius 3 is 1.06 bits per heavy atom. The van der Waals surface area contributed by atoms with E-state index in [4.69, 9.17) is 23.4 Å². The smallest absolute Gasteiger partial charge is 0.260 e. The van der Waals surface area contributed by atoms with Crippen molar-refractivity contribution >= 4 is 120 Å². The Morgan fingerprint density at radius 1 is 0.391 bits per heavy atom. The first-order valence-electron chi connectivity index (χ1n) is 40.1. The lowest BCUT2D eigenvalue weighted by Crippen LogP contribution is -2.21. The molecular weight excluding hydrogens is 1750 g/mol. The Balaban J connectivity index is 0.000000129. The molecule has 16 N–H and O–H groups in total. The number of nitrogens with zero attached hydrogens (tertiary/aromatic N) is 12. The van der Waals surface area contributed by atoms with E-state index in [0.29, 0.717) is 63.4 Å². The van der Waals surface area contributed by atoms with E-state index in [0.717, 1.165) is 85.1 Å². The van der Waals surface area contributed by atoms with Gasteiger partial charge in [0.2, 0.25) is 23.5 Å². The first-order chi connectivity index (χ1) is 64.2. The minimum absolute atomic E-state index is 0.0170. The van der Waals surface area contributed by atoms with Crippen LogP contribution in [0.2, 0.25) is 0 Å². The van der Waals surface area contributed by atoms with E-state index < -0.39 is 93.2 Å². The van der Waals surface area contributed by atoms with E-state index in [1.165, 1.54) is 58.7 Å². The van der Waals surface area contributed by atoms with Gasteiger partial charge in [0.05, 0.1) is 39.7 Å². The molecule has 0 spiro atoms. The van der Waals surface area contributed by atoms with E-state index in [2.05, 4.69) is 143 Å². The highest BCUT2D eigenvalue weighted by Crippen LogP contribution is 2.43. The van der Waals surface area contributed by atoms with Crippen LogP contribution in [0.25, 0.3) is 72.4 Å². The summed E-state index contributed by atoms with van der Waals surface area (Å²) in [7, 11) is 5.66. The molecule has 133 heavy (non-hydrogen) atoms. The summed E-state index contributed by atoms with van der Waals surface area (Å²) in [6.07, 6.45) is 11.9. The van der Waals surface area contributed by atoms with Crippen molar-refractivity contribution in [2.24, 2.45) is 0 Å². The molecule has 1 fully saturated rings. The number of rotatable bonds is 24. The summed E-state index contributed by atoms with van der Waals surface area (Å²) < 4.78 is 146. The number of amides is 4. The van der Waals surface area contributed by atoms with Crippen molar-refractivity contribution < 1.29 is 77.7 Å². The fraction of sp³-hybridized carbons (Fsp3) is 0.136. The Hall–Kier alpha value is -17.8. The van der Waals surface area contributed by atoms with Crippen molar-refractivity contribution in [2.75, 3.05) is 49.5 Å². The number of aromatic nitrogens is 20. The zero-order chi connectivity index (χ0) is 93.6. The van der Waals surface area contributed by atoms with Gasteiger partial charge in [-0.3, -0.25) is 39.6 Å². The molecule has 13 aromatic heterocycles. The maximum atomic E-state index is 15.1. The van der Waals surface area contributed by atoms with Gasteiger partial charge in [-0.05, 0) is 95.5 Å². The third-order valence-electron chi connectivity index (χ3n) is 20.1. The molecule has 13 heterocycles. The van der Waals surface area contributed by atoms with Gasteiger partial charge in [0.15, 0.2) is 122 Å². The number of ether oxygens (including phenoxy) is 4. The molecule has 45 heteroatoms. The molecule has 0 unspecified atom stereocenters. The highest BCUT2D eigenvalue weighted by molar-refractivity contribution is 6.04. The lowest BCUT2D eigenvalue weighted by molar-refractivity contribution is 0.0952. The van der Waals surface area contributed by atoms with Crippen molar-refractivity contribution in [3.63, 3.8) is 0 Å². The second-order valence-electron chi connectivity index (χ2n) is 29.3. The summed E-state index contributed by atoms with van der Waals surface area (Å²) >= 11 is 0. The molecule has 1 aliphatic carbocycles. The first kappa shape index (κ1) is 88.6. The zero-order valence-electron chi connectivity index (χ0n) is 71.1. The van der Waals surface area contributed by atoms with Gasteiger partial charge in [0, 0.05) is 133 Å². The molecule has 0 bridgehead atoms. The van der Waals surface area contributed by atoms with Crippen LogP contribution in [0.15, 0.2) is 157 Å². The van der Waals surface area contributed by atoms with Crippen LogP contribution in [0, 0.1) is 74.2 Å². The van der Waals surface area contributed by atoms with Gasteiger partial charge in [-0.1, -0.05) is 36.4 Å². The molecule has 0 radical (unpaired) electrons. The normalized spacial score (nSPS) is 11.6. The first-order valence-corrected chi connectivity index (χ1v) is 40.1. The van der Waals surface area contributed by atoms with Crippen LogP contribution in [0.3, 0.4) is 0 Å². The number of carbonyl (C=O) groups excluding carboxylic acids is 4. The fourth-order valence-electron chi connectivity index (χ4n) is 13.8. The third-order valence-corrected chi connectivity index (χ3v) is 20.1. The number of H-pyrrole nitrogens is 8. The second kappa shape index (κ2) is 38.0. The van der Waals surface area contributed by atoms with E-state index in [-0.39, 0.29) is 113 Å². The summed E-state index contributed by atoms with van der Waals surface area (Å²) in [6.45, 7) is 8.60. The number of hydrogen-bond acceptors (Lipinski definition) is 25. The molecule has 4 amide bonds. The van der Waals surface area contributed by atoms with Gasteiger partial charge < -0.3 is 85.8 Å². The SMILES string of the molecule is C/C=C/c1cc(Nc2ncnc(Oc3cc(F)c4[nH]c(C)cc4c3F)c2C(=O)NC)n[nH]1.CNC(=O)c1c(Nc2cc(-c3ccccc3)[nH]n2)ncnc1Oc1cc(F)c2[nH]c(C)cc2c1F.CNC(=O)c1c(Nc2cc(-c3ccco3)[nH]n2)ncnc1Oc1cc(F)c2[nH]c(C)cc2c1F.CNC(=O)c1c(Nc2cc(C3CC3)[nH]n2)ncnc1Oc1cc(F)c2[nH]c(C)cc2c1F. The summed E-state index contributed by atoms with van der Waals surface area (Å²) in [5.74, 6) is -8.15. The molecular formula is C88H74F8N28O9. The number of benzene rings is 5. The number of halogens is 8. The molecule has 19 rings (SSSR count). The van der Waals surface area contributed by atoms with Crippen molar-refractivity contribution in [2.45, 2.75) is 53.4 Å². The monoisotopic (exact) mass is 1820 g/mol. The minimum atomic E-state index is -0.799. The maximum absolute atomic E-state index is 15.1. The molecule has 0 atom stereocenters. The van der Waals surface area contributed by atoms with Crippen LogP contribution in [0.5, 0.6) is 46.5 Å². The van der Waals surface area contributed by atoms with Gasteiger partial charge in [-0.2, -0.15) is 20.4 Å². The highest BCUT2D eigenvalue weighted by Gasteiger charge is 2.32. The molecule has 1 saturated carbocycles. The average molecular weight is 1820 g/mol. The standard InChI is InChI=1S/C24H19F2N7O2.C22H17F2N7O3.2C21H19F2N7O2/c1-12-8-14-20(26)17(9-15(25)21(14)30-12)35-24-19(23(34)27-2)22(28-11-29-24)31-18-10-16(32-33-18)13-6-4-3-5-7-13;1-10-6-11-18(24)15(7-12(23)19(11)28-10)34-22-17(21(32)25-2)20(26-9-27-22)29-16-8-13(30-31-16)14-4-3-5-33-14;1-9-5-11-17(23)14(6-12(22)18(11)27-9)32-21-16(20(31)24-2)19(25-8-26-21)28-15-7-13(29-30-15)10-3-4-10;1-4-5-11-7-15(30-29-11)28-19-16(20(31)24-3)21(26-9-25-19)32-14-8-13(22)18-12(17(14)23)6-10(2)27-18/h3-11,30H,1-2H3,(H,27,34)(H2,28,29,31,32,33);3-9,28H,1-2H3,(H,25,32)(H2,26,27,29,30,31);5-8,10,27H,3-4H2,1-2H3,(H,24,31)(H2,25,26,28,29,30);4-9,27H,1-3H3,(H,24,31)(H2,25,26,28,29,30)/b;;;5-4+. The van der Waals surface area contributed by atoms with Crippen molar-refractivity contribution in [1.29, 1.82) is 0 Å². The molecule has 0 saturated heterocycles. The van der Waals surface area contributed by atoms with Gasteiger partial charge >= 0.3 is 0 Å². The summed E-state index contributed by atoms with van der Waals surface area (Å²) in [6, 6.07) is 29.4. The summed E-state index contributed by atoms with van der Waals surface area (Å²) in [5, 5.41) is 49.9. The number of furan rings is 1. The number of carbonyl (C=O) groups is 4. The van der Waals surface area contributed by atoms with E-state index >= 15 is 13.2 Å². The van der Waals surface area contributed by atoms with Crippen LogP contribution >= 0.6 is 0 Å². The number of aromatic amines is 8. The minimum Gasteiger partial charge on any atom is -0.463 e. The van der Waals surface area contributed by atoms with Crippen molar-refractivity contribution in [3.8, 4) is 69.2 Å². The van der Waals surface area contributed by atoms with Gasteiger partial charge in [-0.15, -0.1) is 0 Å². The Kier molecular flexibility index (Phi) is 25.3. The number of fused-ring (bicyclic) bond motifs is 4. The molecule has 676 valence electrons. The van der Waals surface area contributed by atoms with Crippen LogP contribution in [-0.2, 0) is 0 Å². The Morgan fingerprint density at radius 2 is 0.722 bits per heavy atom.